The molecule has 0 radical (unpaired) electrons. The minimum atomic E-state index is -0.364. The normalized spacial score (nSPS) is 9.70. The Morgan fingerprint density at radius 2 is 2.50 bits per heavy atom. The predicted molar refractivity (Wildman–Crippen MR) is 36.1 cm³/mol. The molecule has 0 atom stereocenters. The van der Waals surface area contributed by atoms with E-state index >= 15 is 0 Å². The van der Waals surface area contributed by atoms with Crippen molar-refractivity contribution in [3.63, 3.8) is 0 Å². The topological polar surface area (TPSA) is 54.9 Å². The fourth-order valence-corrected chi connectivity index (χ4v) is 0.819. The van der Waals surface area contributed by atoms with Crippen LogP contribution in [-0.2, 0) is 11.3 Å². The molecule has 0 aliphatic heterocycles. The number of carbonyl (C=O) groups excluding carboxylic acids is 1. The number of aromatic amines is 1. The molecule has 0 unspecified atom stereocenters. The van der Waals surface area contributed by atoms with Crippen molar-refractivity contribution < 1.29 is 4.79 Å². The van der Waals surface area contributed by atoms with Crippen LogP contribution in [0.2, 0.25) is 5.15 Å². The third-order valence-electron chi connectivity index (χ3n) is 1.07. The maximum absolute atomic E-state index is 10.7. The highest BCUT2D eigenvalue weighted by Crippen LogP contribution is 2.00. The number of imidazole rings is 1. The maximum atomic E-state index is 10.7. The van der Waals surface area contributed by atoms with Crippen LogP contribution in [0.5, 0.6) is 0 Å². The van der Waals surface area contributed by atoms with Crippen LogP contribution in [0, 0.1) is 0 Å². The Balaban J connectivity index is 3.10. The van der Waals surface area contributed by atoms with Gasteiger partial charge >= 0.3 is 5.69 Å². The van der Waals surface area contributed by atoms with Crippen molar-refractivity contribution in [2.24, 2.45) is 0 Å². The standard InChI is InChI=1S/C5H5ClN2O2/c6-4-3-7-5(10)8(4)1-2-9/h2-3H,1H2,(H,7,10). The average molecular weight is 161 g/mol. The molecule has 0 aliphatic rings. The van der Waals surface area contributed by atoms with E-state index in [0.29, 0.717) is 6.29 Å². The van der Waals surface area contributed by atoms with Crippen molar-refractivity contribution in [2.75, 3.05) is 0 Å². The molecule has 1 rings (SSSR count). The van der Waals surface area contributed by atoms with E-state index in [0.717, 1.165) is 4.57 Å². The molecule has 0 saturated carbocycles. The molecule has 4 nitrogen and oxygen atoms in total. The molecule has 0 amide bonds. The zero-order valence-electron chi connectivity index (χ0n) is 5.00. The summed E-state index contributed by atoms with van der Waals surface area (Å²) in [6.07, 6.45) is 1.95. The highest BCUT2D eigenvalue weighted by molar-refractivity contribution is 6.29. The van der Waals surface area contributed by atoms with Crippen molar-refractivity contribution in [1.29, 1.82) is 0 Å². The van der Waals surface area contributed by atoms with Gasteiger partial charge in [0.1, 0.15) is 11.4 Å². The van der Waals surface area contributed by atoms with Gasteiger partial charge in [-0.05, 0) is 0 Å². The number of H-pyrrole nitrogens is 1. The summed E-state index contributed by atoms with van der Waals surface area (Å²) in [6, 6.07) is 0. The number of nitrogens with one attached hydrogen (secondary N) is 1. The van der Waals surface area contributed by atoms with E-state index < -0.39 is 0 Å². The summed E-state index contributed by atoms with van der Waals surface area (Å²) in [5, 5.41) is 0.247. The van der Waals surface area contributed by atoms with Crippen LogP contribution in [0.4, 0.5) is 0 Å². The van der Waals surface area contributed by atoms with Gasteiger partial charge in [0.05, 0.1) is 6.54 Å². The third kappa shape index (κ3) is 1.11. The molecular formula is C5H5ClN2O2. The first kappa shape index (κ1) is 7.08. The molecule has 0 aliphatic carbocycles. The Kier molecular flexibility index (Phi) is 1.91. The van der Waals surface area contributed by atoms with Gasteiger partial charge in [0.25, 0.3) is 0 Å². The Morgan fingerprint density at radius 1 is 1.80 bits per heavy atom. The van der Waals surface area contributed by atoms with Crippen LogP contribution < -0.4 is 5.69 Å². The summed E-state index contributed by atoms with van der Waals surface area (Å²) in [5.41, 5.74) is -0.364. The molecule has 0 saturated heterocycles. The molecule has 0 spiro atoms. The number of halogens is 1. The Hall–Kier alpha value is -1.03. The summed E-state index contributed by atoms with van der Waals surface area (Å²) in [5.74, 6) is 0. The summed E-state index contributed by atoms with van der Waals surface area (Å²) in [6.45, 7) is 0.00116. The van der Waals surface area contributed by atoms with Crippen LogP contribution in [-0.4, -0.2) is 15.8 Å². The highest BCUT2D eigenvalue weighted by Gasteiger charge is 2.00. The minimum absolute atomic E-state index is 0.00116. The quantitative estimate of drug-likeness (QED) is 0.621. The van der Waals surface area contributed by atoms with Gasteiger partial charge in [-0.2, -0.15) is 0 Å². The second kappa shape index (κ2) is 2.70. The maximum Gasteiger partial charge on any atom is 0.327 e. The van der Waals surface area contributed by atoms with Crippen molar-refractivity contribution in [1.82, 2.24) is 9.55 Å². The molecule has 0 bridgehead atoms. The van der Waals surface area contributed by atoms with E-state index in [1.165, 1.54) is 6.20 Å². The fraction of sp³-hybridized carbons (Fsp3) is 0.200. The third-order valence-corrected chi connectivity index (χ3v) is 1.39. The number of nitrogens with zero attached hydrogens (tertiary/aromatic N) is 1. The van der Waals surface area contributed by atoms with Gasteiger partial charge in [-0.3, -0.25) is 4.57 Å². The Labute approximate surface area is 61.4 Å². The van der Waals surface area contributed by atoms with E-state index in [2.05, 4.69) is 4.98 Å². The highest BCUT2D eigenvalue weighted by atomic mass is 35.5. The van der Waals surface area contributed by atoms with Crippen LogP contribution in [0.3, 0.4) is 0 Å². The minimum Gasteiger partial charge on any atom is -0.311 e. The van der Waals surface area contributed by atoms with Gasteiger partial charge in [-0.15, -0.1) is 0 Å². The lowest BCUT2D eigenvalue weighted by atomic mass is 10.7. The number of aldehydes is 1. The van der Waals surface area contributed by atoms with Gasteiger partial charge in [0.15, 0.2) is 0 Å². The monoisotopic (exact) mass is 160 g/mol. The first-order valence-electron chi connectivity index (χ1n) is 2.63. The van der Waals surface area contributed by atoms with Gasteiger partial charge in [0, 0.05) is 6.20 Å². The lowest BCUT2D eigenvalue weighted by Crippen LogP contribution is -2.17. The first-order chi connectivity index (χ1) is 4.75. The number of hydrogen-bond acceptors (Lipinski definition) is 2. The van der Waals surface area contributed by atoms with Gasteiger partial charge < -0.3 is 9.78 Å². The second-order valence-electron chi connectivity index (χ2n) is 1.69. The van der Waals surface area contributed by atoms with Crippen LogP contribution in [0.1, 0.15) is 0 Å². The van der Waals surface area contributed by atoms with Crippen LogP contribution >= 0.6 is 11.6 Å². The van der Waals surface area contributed by atoms with Crippen molar-refractivity contribution in [2.45, 2.75) is 6.54 Å². The molecule has 0 fully saturated rings. The molecule has 10 heavy (non-hydrogen) atoms. The first-order valence-corrected chi connectivity index (χ1v) is 3.01. The van der Waals surface area contributed by atoms with Crippen molar-refractivity contribution in [3.05, 3.63) is 21.8 Å². The molecular weight excluding hydrogens is 156 g/mol. The Bertz CT molecular complexity index is 288. The molecule has 1 aromatic rings. The summed E-state index contributed by atoms with van der Waals surface area (Å²) in [4.78, 5) is 23.0. The number of carbonyl (C=O) groups is 1. The molecule has 1 heterocycles. The average Bonchev–Trinajstić information content (AvgIpc) is 2.20. The number of aromatic nitrogens is 2. The SMILES string of the molecule is O=CCn1c(Cl)c[nH]c1=O. The lowest BCUT2D eigenvalue weighted by Gasteiger charge is -1.91. The largest absolute Gasteiger partial charge is 0.327 e. The predicted octanol–water partition coefficient (Wildman–Crippen LogP) is 0.0287. The summed E-state index contributed by atoms with van der Waals surface area (Å²) in [7, 11) is 0. The smallest absolute Gasteiger partial charge is 0.311 e. The number of hydrogen-bond donors (Lipinski definition) is 1. The van der Waals surface area contributed by atoms with E-state index in [-0.39, 0.29) is 17.4 Å². The van der Waals surface area contributed by atoms with Crippen LogP contribution in [0.25, 0.3) is 0 Å². The zero-order valence-corrected chi connectivity index (χ0v) is 5.76. The summed E-state index contributed by atoms with van der Waals surface area (Å²) >= 11 is 5.50. The molecule has 5 heteroatoms. The Morgan fingerprint density at radius 3 is 2.90 bits per heavy atom. The van der Waals surface area contributed by atoms with E-state index in [9.17, 15) is 9.59 Å². The molecule has 0 aromatic carbocycles. The van der Waals surface area contributed by atoms with E-state index in [1.54, 1.807) is 0 Å². The van der Waals surface area contributed by atoms with Gasteiger partial charge in [-0.1, -0.05) is 11.6 Å². The lowest BCUT2D eigenvalue weighted by molar-refractivity contribution is -0.108. The van der Waals surface area contributed by atoms with Gasteiger partial charge in [-0.25, -0.2) is 4.79 Å². The van der Waals surface area contributed by atoms with E-state index in [4.69, 9.17) is 11.6 Å². The van der Waals surface area contributed by atoms with Gasteiger partial charge in [0.2, 0.25) is 0 Å². The zero-order chi connectivity index (χ0) is 7.56. The summed E-state index contributed by atoms with van der Waals surface area (Å²) < 4.78 is 1.13. The molecule has 54 valence electrons. The number of rotatable bonds is 2. The van der Waals surface area contributed by atoms with E-state index in [1.807, 2.05) is 0 Å². The fourth-order valence-electron chi connectivity index (χ4n) is 0.619. The van der Waals surface area contributed by atoms with Crippen molar-refractivity contribution in [3.8, 4) is 0 Å². The van der Waals surface area contributed by atoms with Crippen LogP contribution in [0.15, 0.2) is 11.0 Å². The second-order valence-corrected chi connectivity index (χ2v) is 2.08. The van der Waals surface area contributed by atoms with Crippen molar-refractivity contribution >= 4 is 17.9 Å². The molecule has 1 N–H and O–H groups in total. The molecule has 1 aromatic heterocycles.